The molecular weight excluding hydrogens is 317 g/mol. The van der Waals surface area contributed by atoms with E-state index in [2.05, 4.69) is 17.5 Å². The Bertz CT molecular complexity index is 846. The molecule has 1 aliphatic carbocycles. The van der Waals surface area contributed by atoms with Gasteiger partial charge in [0, 0.05) is 17.2 Å². The third kappa shape index (κ3) is 2.72. The number of allylic oxidation sites excluding steroid dienone is 2. The topological polar surface area (TPSA) is 38.3 Å². The molecule has 0 saturated heterocycles. The molecule has 0 spiro atoms. The van der Waals surface area contributed by atoms with Gasteiger partial charge < -0.3 is 10.1 Å². The normalized spacial score (nSPS) is 23.5. The molecule has 0 bridgehead atoms. The van der Waals surface area contributed by atoms with Crippen LogP contribution in [0.15, 0.2) is 54.6 Å². The maximum absolute atomic E-state index is 14.3. The number of anilines is 1. The van der Waals surface area contributed by atoms with Gasteiger partial charge in [-0.15, -0.1) is 0 Å². The summed E-state index contributed by atoms with van der Waals surface area (Å²) in [7, 11) is 0. The molecule has 25 heavy (non-hydrogen) atoms. The molecule has 3 unspecified atom stereocenters. The van der Waals surface area contributed by atoms with E-state index in [1.54, 1.807) is 19.1 Å². The monoisotopic (exact) mass is 337 g/mol. The van der Waals surface area contributed by atoms with Crippen molar-refractivity contribution in [3.05, 3.63) is 77.1 Å². The standard InChI is InChI=1S/C21H20FNO2/c1-2-25-21(24)13-10-11-19-17(12-13)14-7-5-8-15(14)20(23-19)16-6-3-4-9-18(16)22/h3-7,9-12,14-15,20,23H,2,8H2,1H3. The fourth-order valence-electron chi connectivity index (χ4n) is 3.97. The smallest absolute Gasteiger partial charge is 0.338 e. The molecule has 2 aromatic rings. The highest BCUT2D eigenvalue weighted by atomic mass is 19.1. The van der Waals surface area contributed by atoms with Crippen LogP contribution in [0.3, 0.4) is 0 Å². The van der Waals surface area contributed by atoms with Gasteiger partial charge in [0.2, 0.25) is 0 Å². The van der Waals surface area contributed by atoms with Gasteiger partial charge >= 0.3 is 5.97 Å². The zero-order valence-corrected chi connectivity index (χ0v) is 14.0. The number of carbonyl (C=O) groups is 1. The summed E-state index contributed by atoms with van der Waals surface area (Å²) in [5, 5.41) is 3.49. The highest BCUT2D eigenvalue weighted by Crippen LogP contribution is 2.50. The molecule has 3 atom stereocenters. The molecule has 1 heterocycles. The fraction of sp³-hybridized carbons (Fsp3) is 0.286. The molecule has 3 nitrogen and oxygen atoms in total. The Morgan fingerprint density at radius 1 is 1.24 bits per heavy atom. The molecule has 4 rings (SSSR count). The Labute approximate surface area is 146 Å². The van der Waals surface area contributed by atoms with E-state index in [0.717, 1.165) is 17.7 Å². The van der Waals surface area contributed by atoms with Crippen molar-refractivity contribution in [2.24, 2.45) is 5.92 Å². The summed E-state index contributed by atoms with van der Waals surface area (Å²) in [5.41, 5.74) is 3.29. The van der Waals surface area contributed by atoms with Gasteiger partial charge in [-0.2, -0.15) is 0 Å². The number of hydrogen-bond acceptors (Lipinski definition) is 3. The summed E-state index contributed by atoms with van der Waals surface area (Å²) < 4.78 is 19.4. The molecule has 0 saturated carbocycles. The lowest BCUT2D eigenvalue weighted by Gasteiger charge is -2.37. The zero-order chi connectivity index (χ0) is 17.4. The van der Waals surface area contributed by atoms with Crippen molar-refractivity contribution >= 4 is 11.7 Å². The van der Waals surface area contributed by atoms with E-state index < -0.39 is 0 Å². The quantitative estimate of drug-likeness (QED) is 0.644. The van der Waals surface area contributed by atoms with Crippen molar-refractivity contribution < 1.29 is 13.9 Å². The summed E-state index contributed by atoms with van der Waals surface area (Å²) in [6, 6.07) is 12.4. The number of rotatable bonds is 3. The Kier molecular flexibility index (Phi) is 4.04. The van der Waals surface area contributed by atoms with E-state index in [1.807, 2.05) is 24.3 Å². The van der Waals surface area contributed by atoms with Gasteiger partial charge in [0.05, 0.1) is 18.2 Å². The number of ether oxygens (including phenoxy) is 1. The van der Waals surface area contributed by atoms with Gasteiger partial charge in [-0.25, -0.2) is 9.18 Å². The van der Waals surface area contributed by atoms with Crippen LogP contribution in [0.25, 0.3) is 0 Å². The number of esters is 1. The number of fused-ring (bicyclic) bond motifs is 3. The van der Waals surface area contributed by atoms with E-state index in [4.69, 9.17) is 4.74 Å². The van der Waals surface area contributed by atoms with E-state index >= 15 is 0 Å². The molecule has 128 valence electrons. The Morgan fingerprint density at radius 3 is 2.88 bits per heavy atom. The summed E-state index contributed by atoms with van der Waals surface area (Å²) >= 11 is 0. The third-order valence-corrected chi connectivity index (χ3v) is 5.11. The lowest BCUT2D eigenvalue weighted by molar-refractivity contribution is 0.0526. The first-order valence-electron chi connectivity index (χ1n) is 8.67. The lowest BCUT2D eigenvalue weighted by atomic mass is 9.76. The molecule has 0 radical (unpaired) electrons. The first kappa shape index (κ1) is 15.9. The van der Waals surface area contributed by atoms with Crippen LogP contribution in [0.2, 0.25) is 0 Å². The minimum atomic E-state index is -0.306. The van der Waals surface area contributed by atoms with Crippen molar-refractivity contribution in [3.8, 4) is 0 Å². The van der Waals surface area contributed by atoms with Crippen LogP contribution in [-0.2, 0) is 4.74 Å². The summed E-state index contributed by atoms with van der Waals surface area (Å²) in [4.78, 5) is 12.0. The molecule has 4 heteroatoms. The molecule has 0 fully saturated rings. The minimum absolute atomic E-state index is 0.0813. The number of benzene rings is 2. The fourth-order valence-corrected chi connectivity index (χ4v) is 3.97. The molecule has 0 aromatic heterocycles. The third-order valence-electron chi connectivity index (χ3n) is 5.11. The van der Waals surface area contributed by atoms with Gasteiger partial charge in [-0.3, -0.25) is 0 Å². The molecule has 1 N–H and O–H groups in total. The van der Waals surface area contributed by atoms with Crippen molar-refractivity contribution in [2.75, 3.05) is 11.9 Å². The van der Waals surface area contributed by atoms with E-state index in [9.17, 15) is 9.18 Å². The minimum Gasteiger partial charge on any atom is -0.462 e. The second-order valence-corrected chi connectivity index (χ2v) is 6.52. The van der Waals surface area contributed by atoms with Crippen LogP contribution in [0.5, 0.6) is 0 Å². The van der Waals surface area contributed by atoms with Gasteiger partial charge in [-0.1, -0.05) is 30.4 Å². The van der Waals surface area contributed by atoms with E-state index in [0.29, 0.717) is 17.7 Å². The van der Waals surface area contributed by atoms with Crippen molar-refractivity contribution in [2.45, 2.75) is 25.3 Å². The summed E-state index contributed by atoms with van der Waals surface area (Å²) in [6.45, 7) is 2.15. The molecular formula is C21H20FNO2. The molecule has 2 aliphatic rings. The van der Waals surface area contributed by atoms with Gasteiger partial charge in [0.15, 0.2) is 0 Å². The average molecular weight is 337 g/mol. The Balaban J connectivity index is 1.74. The van der Waals surface area contributed by atoms with Crippen LogP contribution in [0.4, 0.5) is 10.1 Å². The second-order valence-electron chi connectivity index (χ2n) is 6.52. The molecule has 2 aromatic carbocycles. The average Bonchev–Trinajstić information content (AvgIpc) is 3.11. The van der Waals surface area contributed by atoms with E-state index in [-0.39, 0.29) is 29.7 Å². The van der Waals surface area contributed by atoms with Gasteiger partial charge in [0.25, 0.3) is 0 Å². The van der Waals surface area contributed by atoms with Crippen molar-refractivity contribution in [3.63, 3.8) is 0 Å². The summed E-state index contributed by atoms with van der Waals surface area (Å²) in [5.74, 6) is -0.0747. The van der Waals surface area contributed by atoms with Crippen LogP contribution >= 0.6 is 0 Å². The van der Waals surface area contributed by atoms with Crippen LogP contribution < -0.4 is 5.32 Å². The molecule has 1 aliphatic heterocycles. The van der Waals surface area contributed by atoms with Crippen LogP contribution in [0, 0.1) is 11.7 Å². The number of nitrogens with one attached hydrogen (secondary N) is 1. The zero-order valence-electron chi connectivity index (χ0n) is 14.0. The first-order valence-corrected chi connectivity index (χ1v) is 8.67. The largest absolute Gasteiger partial charge is 0.462 e. The Morgan fingerprint density at radius 2 is 2.08 bits per heavy atom. The van der Waals surface area contributed by atoms with Crippen LogP contribution in [-0.4, -0.2) is 12.6 Å². The maximum atomic E-state index is 14.3. The predicted molar refractivity (Wildman–Crippen MR) is 95.2 cm³/mol. The molecule has 0 amide bonds. The number of halogens is 1. The second kappa shape index (κ2) is 6.36. The van der Waals surface area contributed by atoms with Crippen LogP contribution in [0.1, 0.15) is 46.8 Å². The predicted octanol–water partition coefficient (Wildman–Crippen LogP) is 4.83. The van der Waals surface area contributed by atoms with Crippen molar-refractivity contribution in [1.29, 1.82) is 0 Å². The number of carbonyl (C=O) groups excluding carboxylic acids is 1. The number of hydrogen-bond donors (Lipinski definition) is 1. The van der Waals surface area contributed by atoms with Gasteiger partial charge in [-0.05, 0) is 49.1 Å². The summed E-state index contributed by atoms with van der Waals surface area (Å²) in [6.07, 6.45) is 5.21. The van der Waals surface area contributed by atoms with E-state index in [1.165, 1.54) is 6.07 Å². The lowest BCUT2D eigenvalue weighted by Crippen LogP contribution is -2.30. The highest BCUT2D eigenvalue weighted by molar-refractivity contribution is 5.90. The Hall–Kier alpha value is -2.62. The maximum Gasteiger partial charge on any atom is 0.338 e. The SMILES string of the molecule is CCOC(=O)c1ccc2c(c1)C1C=CCC1C(c1ccccc1F)N2. The van der Waals surface area contributed by atoms with Crippen molar-refractivity contribution in [1.82, 2.24) is 0 Å². The highest BCUT2D eigenvalue weighted by Gasteiger charge is 2.39. The van der Waals surface area contributed by atoms with Gasteiger partial charge in [0.1, 0.15) is 5.82 Å². The first-order chi connectivity index (χ1) is 12.2.